The lowest BCUT2D eigenvalue weighted by atomic mass is 9.78. The fourth-order valence-electron chi connectivity index (χ4n) is 4.17. The molecule has 2 N–H and O–H groups in total. The van der Waals surface area contributed by atoms with Crippen LogP contribution in [0.2, 0.25) is 0 Å². The Kier molecular flexibility index (Phi) is 10.7. The lowest BCUT2D eigenvalue weighted by Gasteiger charge is -2.28. The number of phenols is 1. The SMILES string of the molecule is CCCCCCCCOc1ccc(NC(=O)CCc2cc(C(C)(C)C)c(O)c(C(C)(C)C)c2)cc1. The van der Waals surface area contributed by atoms with Crippen molar-refractivity contribution in [3.63, 3.8) is 0 Å². The van der Waals surface area contributed by atoms with Crippen molar-refractivity contribution in [2.45, 2.75) is 111 Å². The molecular weight excluding hydrogens is 434 g/mol. The Morgan fingerprint density at radius 3 is 1.94 bits per heavy atom. The summed E-state index contributed by atoms with van der Waals surface area (Å²) in [6.07, 6.45) is 8.47. The van der Waals surface area contributed by atoms with E-state index in [1.54, 1.807) is 0 Å². The topological polar surface area (TPSA) is 58.6 Å². The maximum Gasteiger partial charge on any atom is 0.224 e. The second-order valence-corrected chi connectivity index (χ2v) is 11.7. The van der Waals surface area contributed by atoms with Crippen molar-refractivity contribution < 1.29 is 14.6 Å². The number of nitrogens with one attached hydrogen (secondary N) is 1. The number of ether oxygens (including phenoxy) is 1. The van der Waals surface area contributed by atoms with Crippen LogP contribution in [0, 0.1) is 0 Å². The highest BCUT2D eigenvalue weighted by Gasteiger charge is 2.26. The molecule has 0 aliphatic rings. The van der Waals surface area contributed by atoms with Gasteiger partial charge in [-0.1, -0.05) is 92.7 Å². The Morgan fingerprint density at radius 1 is 0.857 bits per heavy atom. The first-order valence-electron chi connectivity index (χ1n) is 13.3. The van der Waals surface area contributed by atoms with Gasteiger partial charge in [0.2, 0.25) is 5.91 Å². The number of aromatic hydroxyl groups is 1. The van der Waals surface area contributed by atoms with Crippen molar-refractivity contribution >= 4 is 11.6 Å². The molecule has 194 valence electrons. The van der Waals surface area contributed by atoms with Gasteiger partial charge in [-0.05, 0) is 64.6 Å². The molecule has 0 aliphatic heterocycles. The highest BCUT2D eigenvalue weighted by Crippen LogP contribution is 2.40. The molecule has 35 heavy (non-hydrogen) atoms. The van der Waals surface area contributed by atoms with Gasteiger partial charge in [-0.15, -0.1) is 0 Å². The van der Waals surface area contributed by atoms with E-state index in [4.69, 9.17) is 4.74 Å². The first-order chi connectivity index (χ1) is 16.4. The number of phenolic OH excluding ortho intramolecular Hbond substituents is 1. The second kappa shape index (κ2) is 13.0. The van der Waals surface area contributed by atoms with Crippen LogP contribution in [0.1, 0.15) is 110 Å². The minimum atomic E-state index is -0.179. The second-order valence-electron chi connectivity index (χ2n) is 11.7. The molecule has 0 saturated carbocycles. The van der Waals surface area contributed by atoms with E-state index in [0.717, 1.165) is 41.2 Å². The van der Waals surface area contributed by atoms with Crippen LogP contribution in [-0.2, 0) is 22.0 Å². The van der Waals surface area contributed by atoms with Crippen LogP contribution in [0.15, 0.2) is 36.4 Å². The van der Waals surface area contributed by atoms with E-state index in [1.165, 1.54) is 32.1 Å². The fourth-order valence-corrected chi connectivity index (χ4v) is 4.17. The summed E-state index contributed by atoms with van der Waals surface area (Å²) in [7, 11) is 0. The molecule has 0 aromatic heterocycles. The maximum absolute atomic E-state index is 12.6. The largest absolute Gasteiger partial charge is 0.507 e. The van der Waals surface area contributed by atoms with E-state index < -0.39 is 0 Å². The molecule has 1 amide bonds. The number of carbonyl (C=O) groups excluding carboxylic acids is 1. The number of carbonyl (C=O) groups is 1. The molecule has 0 bridgehead atoms. The third kappa shape index (κ3) is 9.58. The normalized spacial score (nSPS) is 12.0. The number of amides is 1. The van der Waals surface area contributed by atoms with Gasteiger partial charge < -0.3 is 15.2 Å². The van der Waals surface area contributed by atoms with Gasteiger partial charge in [0.1, 0.15) is 11.5 Å². The minimum Gasteiger partial charge on any atom is -0.507 e. The first-order valence-corrected chi connectivity index (χ1v) is 13.3. The molecule has 0 saturated heterocycles. The molecule has 2 rings (SSSR count). The van der Waals surface area contributed by atoms with Crippen LogP contribution in [0.25, 0.3) is 0 Å². The average Bonchev–Trinajstić information content (AvgIpc) is 2.77. The fraction of sp³-hybridized carbons (Fsp3) is 0.581. The van der Waals surface area contributed by atoms with E-state index in [-0.39, 0.29) is 16.7 Å². The van der Waals surface area contributed by atoms with Gasteiger partial charge in [0.25, 0.3) is 0 Å². The monoisotopic (exact) mass is 481 g/mol. The van der Waals surface area contributed by atoms with Crippen molar-refractivity contribution in [1.29, 1.82) is 0 Å². The van der Waals surface area contributed by atoms with Crippen molar-refractivity contribution in [3.05, 3.63) is 53.1 Å². The lowest BCUT2D eigenvalue weighted by molar-refractivity contribution is -0.116. The first kappa shape index (κ1) is 28.7. The predicted octanol–water partition coefficient (Wildman–Crippen LogP) is 8.30. The molecule has 0 aliphatic carbocycles. The average molecular weight is 482 g/mol. The van der Waals surface area contributed by atoms with E-state index in [9.17, 15) is 9.90 Å². The Hall–Kier alpha value is -2.49. The van der Waals surface area contributed by atoms with E-state index >= 15 is 0 Å². The Bertz CT molecular complexity index is 898. The summed E-state index contributed by atoms with van der Waals surface area (Å²) in [6.45, 7) is 15.6. The third-order valence-electron chi connectivity index (χ3n) is 6.33. The van der Waals surface area contributed by atoms with Gasteiger partial charge in [0.15, 0.2) is 0 Å². The zero-order chi connectivity index (χ0) is 26.1. The van der Waals surface area contributed by atoms with Crippen molar-refractivity contribution in [1.82, 2.24) is 0 Å². The van der Waals surface area contributed by atoms with E-state index in [1.807, 2.05) is 36.4 Å². The molecule has 2 aromatic rings. The molecule has 4 heteroatoms. The number of hydrogen-bond acceptors (Lipinski definition) is 3. The highest BCUT2D eigenvalue weighted by atomic mass is 16.5. The molecule has 2 aromatic carbocycles. The predicted molar refractivity (Wildman–Crippen MR) is 148 cm³/mol. The number of hydrogen-bond donors (Lipinski definition) is 2. The van der Waals surface area contributed by atoms with Crippen LogP contribution in [0.4, 0.5) is 5.69 Å². The highest BCUT2D eigenvalue weighted by molar-refractivity contribution is 5.90. The molecular formula is C31H47NO3. The Balaban J connectivity index is 1.90. The van der Waals surface area contributed by atoms with Gasteiger partial charge in [-0.25, -0.2) is 0 Å². The standard InChI is InChI=1S/C31H47NO3/c1-8-9-10-11-12-13-20-35-25-17-15-24(16-18-25)32-28(33)19-14-23-21-26(30(2,3)4)29(34)27(22-23)31(5,6)7/h15-18,21-22,34H,8-14,19-20H2,1-7H3,(H,32,33). The molecule has 0 fully saturated rings. The zero-order valence-corrected chi connectivity index (χ0v) is 23.1. The van der Waals surface area contributed by atoms with Crippen molar-refractivity contribution in [2.75, 3.05) is 11.9 Å². The summed E-state index contributed by atoms with van der Waals surface area (Å²) in [4.78, 5) is 12.6. The molecule has 0 radical (unpaired) electrons. The van der Waals surface area contributed by atoms with Crippen molar-refractivity contribution in [3.8, 4) is 11.5 Å². The lowest BCUT2D eigenvalue weighted by Crippen LogP contribution is -2.18. The van der Waals surface area contributed by atoms with Gasteiger partial charge in [0.05, 0.1) is 6.61 Å². The number of aryl methyl sites for hydroxylation is 1. The van der Waals surface area contributed by atoms with Gasteiger partial charge >= 0.3 is 0 Å². The number of unbranched alkanes of at least 4 members (excludes halogenated alkanes) is 5. The van der Waals surface area contributed by atoms with E-state index in [2.05, 4.69) is 53.8 Å². The van der Waals surface area contributed by atoms with E-state index in [0.29, 0.717) is 18.6 Å². The van der Waals surface area contributed by atoms with Crippen LogP contribution in [0.3, 0.4) is 0 Å². The number of anilines is 1. The molecule has 0 unspecified atom stereocenters. The Morgan fingerprint density at radius 2 is 1.40 bits per heavy atom. The van der Waals surface area contributed by atoms with Gasteiger partial charge in [-0.3, -0.25) is 4.79 Å². The molecule has 4 nitrogen and oxygen atoms in total. The minimum absolute atomic E-state index is 0.0200. The quantitative estimate of drug-likeness (QED) is 0.300. The van der Waals surface area contributed by atoms with Gasteiger partial charge in [0, 0.05) is 12.1 Å². The summed E-state index contributed by atoms with van der Waals surface area (Å²) in [5.74, 6) is 1.19. The number of benzene rings is 2. The molecule has 0 spiro atoms. The number of rotatable bonds is 12. The smallest absolute Gasteiger partial charge is 0.224 e. The Labute approximate surface area is 213 Å². The molecule has 0 atom stereocenters. The van der Waals surface area contributed by atoms with Crippen LogP contribution >= 0.6 is 0 Å². The summed E-state index contributed by atoms with van der Waals surface area (Å²) >= 11 is 0. The summed E-state index contributed by atoms with van der Waals surface area (Å²) in [5.41, 5.74) is 3.35. The zero-order valence-electron chi connectivity index (χ0n) is 23.1. The van der Waals surface area contributed by atoms with Crippen molar-refractivity contribution in [2.24, 2.45) is 0 Å². The third-order valence-corrected chi connectivity index (χ3v) is 6.33. The summed E-state index contributed by atoms with van der Waals surface area (Å²) in [5, 5.41) is 13.9. The molecule has 0 heterocycles. The van der Waals surface area contributed by atoms with Crippen LogP contribution in [0.5, 0.6) is 11.5 Å². The maximum atomic E-state index is 12.6. The van der Waals surface area contributed by atoms with Crippen LogP contribution in [-0.4, -0.2) is 17.6 Å². The van der Waals surface area contributed by atoms with Crippen LogP contribution < -0.4 is 10.1 Å². The summed E-state index contributed by atoms with van der Waals surface area (Å²) < 4.78 is 5.83. The summed E-state index contributed by atoms with van der Waals surface area (Å²) in [6, 6.07) is 11.7. The van der Waals surface area contributed by atoms with Gasteiger partial charge in [-0.2, -0.15) is 0 Å².